The maximum atomic E-state index is 12.5. The van der Waals surface area contributed by atoms with Gasteiger partial charge in [0.25, 0.3) is 0 Å². The molecule has 64 heavy (non-hydrogen) atoms. The van der Waals surface area contributed by atoms with E-state index in [-0.39, 0.29) is 18.5 Å². The molecule has 0 bridgehead atoms. The van der Waals surface area contributed by atoms with Gasteiger partial charge < -0.3 is 20.3 Å². The molecule has 2 atom stereocenters. The molecule has 0 saturated carbocycles. The van der Waals surface area contributed by atoms with E-state index in [4.69, 9.17) is 4.74 Å². The minimum Gasteiger partial charge on any atom is -0.466 e. The van der Waals surface area contributed by atoms with E-state index in [1.165, 1.54) is 193 Å². The number of hydrogen-bond acceptors (Lipinski definition) is 5. The Kier molecular flexibility index (Phi) is 52.1. The summed E-state index contributed by atoms with van der Waals surface area (Å²) in [5.41, 5.74) is 0. The Morgan fingerprint density at radius 2 is 0.734 bits per heavy atom. The Hall–Kier alpha value is -1.92. The molecule has 6 heteroatoms. The van der Waals surface area contributed by atoms with Crippen LogP contribution in [0.1, 0.15) is 296 Å². The first-order chi connectivity index (χ1) is 31.5. The number of carbonyl (C=O) groups is 2. The number of esters is 1. The van der Waals surface area contributed by atoms with Gasteiger partial charge in [0.2, 0.25) is 5.91 Å². The van der Waals surface area contributed by atoms with Gasteiger partial charge in [-0.15, -0.1) is 0 Å². The Morgan fingerprint density at radius 1 is 0.422 bits per heavy atom. The Labute approximate surface area is 398 Å². The molecule has 0 spiro atoms. The van der Waals surface area contributed by atoms with Gasteiger partial charge in [0.05, 0.1) is 25.4 Å². The van der Waals surface area contributed by atoms with Crippen molar-refractivity contribution in [3.63, 3.8) is 0 Å². The van der Waals surface area contributed by atoms with E-state index in [0.29, 0.717) is 19.4 Å². The van der Waals surface area contributed by atoms with Crippen LogP contribution < -0.4 is 5.32 Å². The van der Waals surface area contributed by atoms with Crippen molar-refractivity contribution in [2.75, 3.05) is 13.2 Å². The van der Waals surface area contributed by atoms with E-state index in [1.54, 1.807) is 6.08 Å². The first kappa shape index (κ1) is 62.1. The molecule has 0 heterocycles. The van der Waals surface area contributed by atoms with Gasteiger partial charge in [-0.2, -0.15) is 0 Å². The number of carbonyl (C=O) groups excluding carboxylic acids is 2. The van der Waals surface area contributed by atoms with Crippen LogP contribution in [-0.4, -0.2) is 47.4 Å². The number of aliphatic hydroxyl groups excluding tert-OH is 2. The van der Waals surface area contributed by atoms with Gasteiger partial charge in [-0.05, 0) is 83.5 Å². The zero-order valence-corrected chi connectivity index (χ0v) is 42.8. The molecule has 6 nitrogen and oxygen atoms in total. The van der Waals surface area contributed by atoms with Crippen molar-refractivity contribution in [3.05, 3.63) is 36.5 Å². The number of aliphatic hydroxyl groups is 2. The van der Waals surface area contributed by atoms with Crippen LogP contribution in [0.3, 0.4) is 0 Å². The summed E-state index contributed by atoms with van der Waals surface area (Å²) >= 11 is 0. The molecule has 2 unspecified atom stereocenters. The zero-order valence-electron chi connectivity index (χ0n) is 42.8. The van der Waals surface area contributed by atoms with Gasteiger partial charge >= 0.3 is 5.97 Å². The molecule has 0 rings (SSSR count). The fraction of sp³-hybridized carbons (Fsp3) is 0.862. The lowest BCUT2D eigenvalue weighted by atomic mass is 10.0. The van der Waals surface area contributed by atoms with E-state index in [9.17, 15) is 19.8 Å². The van der Waals surface area contributed by atoms with Crippen LogP contribution in [0.25, 0.3) is 0 Å². The normalized spacial score (nSPS) is 12.9. The second kappa shape index (κ2) is 53.7. The van der Waals surface area contributed by atoms with Crippen molar-refractivity contribution in [2.24, 2.45) is 0 Å². The van der Waals surface area contributed by atoms with Crippen LogP contribution in [0.15, 0.2) is 36.5 Å². The van der Waals surface area contributed by atoms with E-state index in [2.05, 4.69) is 43.5 Å². The van der Waals surface area contributed by atoms with Gasteiger partial charge in [0.1, 0.15) is 0 Å². The highest BCUT2D eigenvalue weighted by atomic mass is 16.5. The molecule has 0 aromatic heterocycles. The first-order valence-electron chi connectivity index (χ1n) is 28.3. The predicted octanol–water partition coefficient (Wildman–Crippen LogP) is 17.2. The molecule has 0 saturated heterocycles. The molecule has 0 aliphatic heterocycles. The van der Waals surface area contributed by atoms with Gasteiger partial charge in [0, 0.05) is 12.8 Å². The highest BCUT2D eigenvalue weighted by Crippen LogP contribution is 2.16. The summed E-state index contributed by atoms with van der Waals surface area (Å²) in [7, 11) is 0. The SMILES string of the molecule is CCCCCCCC/C=C\CCCCCCCCCC(=O)OCCCC/C=C\CCCCCCC(=O)NC(CO)C(O)/C=C/CCCCCCCCCCCCCCCCCCCC. The quantitative estimate of drug-likeness (QED) is 0.0321. The van der Waals surface area contributed by atoms with E-state index in [0.717, 1.165) is 77.0 Å². The third-order valence-electron chi connectivity index (χ3n) is 12.9. The molecular weight excluding hydrogens is 791 g/mol. The number of rotatable bonds is 52. The average Bonchev–Trinajstić information content (AvgIpc) is 3.29. The topological polar surface area (TPSA) is 95.9 Å². The monoisotopic (exact) mass is 900 g/mol. The van der Waals surface area contributed by atoms with E-state index in [1.807, 2.05) is 6.08 Å². The third kappa shape index (κ3) is 49.5. The van der Waals surface area contributed by atoms with Crippen molar-refractivity contribution < 1.29 is 24.5 Å². The number of ether oxygens (including phenoxy) is 1. The lowest BCUT2D eigenvalue weighted by Crippen LogP contribution is -2.45. The van der Waals surface area contributed by atoms with Gasteiger partial charge in [-0.1, -0.05) is 237 Å². The highest BCUT2D eigenvalue weighted by Gasteiger charge is 2.18. The summed E-state index contributed by atoms with van der Waals surface area (Å²) in [6.45, 7) is 4.82. The molecule has 0 fully saturated rings. The Bertz CT molecular complexity index is 1040. The summed E-state index contributed by atoms with van der Waals surface area (Å²) < 4.78 is 5.44. The number of unbranched alkanes of at least 4 members (excludes halogenated alkanes) is 37. The fourth-order valence-electron chi connectivity index (χ4n) is 8.50. The molecule has 0 radical (unpaired) electrons. The Balaban J connectivity index is 3.55. The number of hydrogen-bond donors (Lipinski definition) is 3. The highest BCUT2D eigenvalue weighted by molar-refractivity contribution is 5.76. The van der Waals surface area contributed by atoms with Crippen molar-refractivity contribution in [1.82, 2.24) is 5.32 Å². The predicted molar refractivity (Wildman–Crippen MR) is 278 cm³/mol. The summed E-state index contributed by atoms with van der Waals surface area (Å²) in [4.78, 5) is 24.5. The smallest absolute Gasteiger partial charge is 0.305 e. The maximum Gasteiger partial charge on any atom is 0.305 e. The van der Waals surface area contributed by atoms with Gasteiger partial charge in [0.15, 0.2) is 0 Å². The summed E-state index contributed by atoms with van der Waals surface area (Å²) in [6, 6.07) is -0.654. The molecule has 376 valence electrons. The third-order valence-corrected chi connectivity index (χ3v) is 12.9. The van der Waals surface area contributed by atoms with Crippen molar-refractivity contribution in [2.45, 2.75) is 309 Å². The maximum absolute atomic E-state index is 12.5. The number of nitrogens with one attached hydrogen (secondary N) is 1. The van der Waals surface area contributed by atoms with Crippen LogP contribution in [0.5, 0.6) is 0 Å². The van der Waals surface area contributed by atoms with Gasteiger partial charge in [-0.25, -0.2) is 0 Å². The first-order valence-corrected chi connectivity index (χ1v) is 28.3. The van der Waals surface area contributed by atoms with Crippen LogP contribution in [0.2, 0.25) is 0 Å². The van der Waals surface area contributed by atoms with E-state index >= 15 is 0 Å². The minimum atomic E-state index is -0.867. The largest absolute Gasteiger partial charge is 0.466 e. The summed E-state index contributed by atoms with van der Waals surface area (Å²) in [6.07, 6.45) is 65.9. The number of allylic oxidation sites excluding steroid dienone is 5. The van der Waals surface area contributed by atoms with Crippen molar-refractivity contribution in [3.8, 4) is 0 Å². The molecular formula is C58H109NO5. The minimum absolute atomic E-state index is 0.0416. The second-order valence-electron chi connectivity index (χ2n) is 19.3. The molecule has 3 N–H and O–H groups in total. The van der Waals surface area contributed by atoms with Crippen LogP contribution in [0, 0.1) is 0 Å². The van der Waals surface area contributed by atoms with Gasteiger partial charge in [-0.3, -0.25) is 9.59 Å². The second-order valence-corrected chi connectivity index (χ2v) is 19.3. The zero-order chi connectivity index (χ0) is 46.5. The van der Waals surface area contributed by atoms with Crippen LogP contribution in [-0.2, 0) is 14.3 Å². The number of amides is 1. The van der Waals surface area contributed by atoms with Crippen molar-refractivity contribution in [1.29, 1.82) is 0 Å². The lowest BCUT2D eigenvalue weighted by Gasteiger charge is -2.20. The van der Waals surface area contributed by atoms with Crippen LogP contribution in [0.4, 0.5) is 0 Å². The molecule has 0 aliphatic carbocycles. The van der Waals surface area contributed by atoms with Crippen LogP contribution >= 0.6 is 0 Å². The average molecular weight is 901 g/mol. The fourth-order valence-corrected chi connectivity index (χ4v) is 8.50. The summed E-state index contributed by atoms with van der Waals surface area (Å²) in [5.74, 6) is -0.144. The molecule has 0 aromatic rings. The van der Waals surface area contributed by atoms with Crippen molar-refractivity contribution >= 4 is 11.9 Å². The molecule has 1 amide bonds. The molecule has 0 aliphatic rings. The molecule has 0 aromatic carbocycles. The summed E-state index contributed by atoms with van der Waals surface area (Å²) in [5, 5.41) is 23.1. The standard InChI is InChI=1S/C58H109NO5/c1-3-5-7-9-11-13-15-17-19-21-22-23-25-26-28-30-34-38-42-46-50-56(61)55(54-60)59-57(62)51-47-43-39-35-32-33-37-41-45-49-53-64-58(63)52-48-44-40-36-31-29-27-24-20-18-16-14-12-10-8-6-4-2/h18,20,33,37,46,50,55-56,60-61H,3-17,19,21-32,34-36,38-45,47-49,51-54H2,1-2H3,(H,59,62)/b20-18-,37-33-,50-46+. The Morgan fingerprint density at radius 3 is 1.11 bits per heavy atom. The lowest BCUT2D eigenvalue weighted by molar-refractivity contribution is -0.143. The van der Waals surface area contributed by atoms with E-state index < -0.39 is 12.1 Å².